The van der Waals surface area contributed by atoms with Crippen LogP contribution in [0.3, 0.4) is 0 Å². The molecule has 0 spiro atoms. The van der Waals surface area contributed by atoms with Gasteiger partial charge in [0.25, 0.3) is 0 Å². The molecule has 23 heavy (non-hydrogen) atoms. The van der Waals surface area contributed by atoms with Crippen molar-refractivity contribution in [3.05, 3.63) is 42.2 Å². The van der Waals surface area contributed by atoms with E-state index in [2.05, 4.69) is 10.4 Å². The summed E-state index contributed by atoms with van der Waals surface area (Å²) in [7, 11) is -3.19. The zero-order valence-electron chi connectivity index (χ0n) is 13.7. The van der Waals surface area contributed by atoms with Crippen LogP contribution in [-0.2, 0) is 21.2 Å². The van der Waals surface area contributed by atoms with Crippen molar-refractivity contribution in [2.24, 2.45) is 5.41 Å². The van der Waals surface area contributed by atoms with Gasteiger partial charge < -0.3 is 5.32 Å². The van der Waals surface area contributed by atoms with E-state index in [4.69, 9.17) is 0 Å². The second-order valence-corrected chi connectivity index (χ2v) is 8.56. The lowest BCUT2D eigenvalue weighted by Gasteiger charge is -2.16. The summed E-state index contributed by atoms with van der Waals surface area (Å²) in [5, 5.41) is 7.02. The minimum atomic E-state index is -3.19. The highest BCUT2D eigenvalue weighted by Gasteiger charge is 2.21. The highest BCUT2D eigenvalue weighted by Crippen LogP contribution is 2.17. The average Bonchev–Trinajstić information content (AvgIpc) is 2.84. The van der Waals surface area contributed by atoms with Crippen LogP contribution in [0.2, 0.25) is 0 Å². The molecule has 0 aliphatic heterocycles. The van der Waals surface area contributed by atoms with Gasteiger partial charge >= 0.3 is 0 Å². The van der Waals surface area contributed by atoms with Gasteiger partial charge in [0.05, 0.1) is 23.3 Å². The maximum atomic E-state index is 11.9. The summed E-state index contributed by atoms with van der Waals surface area (Å²) >= 11 is 0. The van der Waals surface area contributed by atoms with Gasteiger partial charge in [0.2, 0.25) is 5.91 Å². The number of benzene rings is 1. The maximum Gasteiger partial charge on any atom is 0.229 e. The molecule has 124 valence electrons. The van der Waals surface area contributed by atoms with Crippen molar-refractivity contribution in [2.45, 2.75) is 32.2 Å². The van der Waals surface area contributed by atoms with Crippen molar-refractivity contribution in [2.75, 3.05) is 11.6 Å². The Bertz CT molecular complexity index is 800. The number of hydrogen-bond donors (Lipinski definition) is 1. The van der Waals surface area contributed by atoms with E-state index >= 15 is 0 Å². The minimum absolute atomic E-state index is 0.0745. The molecule has 1 heterocycles. The van der Waals surface area contributed by atoms with Gasteiger partial charge in [-0.05, 0) is 17.7 Å². The third-order valence-corrected chi connectivity index (χ3v) is 4.40. The Balaban J connectivity index is 2.06. The SMILES string of the molecule is CC(C)(C)C(=O)Nc1cnn(Cc2ccc(S(C)(=O)=O)cc2)c1. The fourth-order valence-electron chi connectivity index (χ4n) is 1.86. The predicted octanol–water partition coefficient (Wildman–Crippen LogP) is 2.32. The second-order valence-electron chi connectivity index (χ2n) is 6.55. The molecular weight excluding hydrogens is 314 g/mol. The Kier molecular flexibility index (Phi) is 4.61. The first kappa shape index (κ1) is 17.2. The monoisotopic (exact) mass is 335 g/mol. The van der Waals surface area contributed by atoms with Gasteiger partial charge in [-0.15, -0.1) is 0 Å². The van der Waals surface area contributed by atoms with Crippen LogP contribution in [0.5, 0.6) is 0 Å². The molecule has 1 amide bonds. The Morgan fingerprint density at radius 3 is 2.35 bits per heavy atom. The smallest absolute Gasteiger partial charge is 0.229 e. The molecule has 2 aromatic rings. The summed E-state index contributed by atoms with van der Waals surface area (Å²) in [6.07, 6.45) is 4.52. The van der Waals surface area contributed by atoms with Crippen LogP contribution < -0.4 is 5.32 Å². The first-order valence-corrected chi connectivity index (χ1v) is 9.08. The number of aromatic nitrogens is 2. The molecule has 1 aromatic carbocycles. The zero-order chi connectivity index (χ0) is 17.3. The number of nitrogens with one attached hydrogen (secondary N) is 1. The van der Waals surface area contributed by atoms with Crippen molar-refractivity contribution >= 4 is 21.4 Å². The summed E-state index contributed by atoms with van der Waals surface area (Å²) in [6, 6.07) is 6.67. The van der Waals surface area contributed by atoms with E-state index in [0.717, 1.165) is 5.56 Å². The van der Waals surface area contributed by atoms with Crippen molar-refractivity contribution in [1.82, 2.24) is 9.78 Å². The fraction of sp³-hybridized carbons (Fsp3) is 0.375. The van der Waals surface area contributed by atoms with E-state index in [1.54, 1.807) is 41.3 Å². The molecular formula is C16H21N3O3S. The molecule has 0 saturated carbocycles. The molecule has 0 aliphatic carbocycles. The lowest BCUT2D eigenvalue weighted by Crippen LogP contribution is -2.27. The lowest BCUT2D eigenvalue weighted by molar-refractivity contribution is -0.123. The molecule has 7 heteroatoms. The normalized spacial score (nSPS) is 12.2. The average molecular weight is 335 g/mol. The minimum Gasteiger partial charge on any atom is -0.323 e. The summed E-state index contributed by atoms with van der Waals surface area (Å²) in [6.45, 7) is 6.03. The summed E-state index contributed by atoms with van der Waals surface area (Å²) in [5.74, 6) is -0.0745. The summed E-state index contributed by atoms with van der Waals surface area (Å²) < 4.78 is 24.6. The first-order valence-electron chi connectivity index (χ1n) is 7.18. The van der Waals surface area contributed by atoms with E-state index in [1.807, 2.05) is 20.8 Å². The molecule has 1 aromatic heterocycles. The number of anilines is 1. The van der Waals surface area contributed by atoms with Crippen LogP contribution in [0.4, 0.5) is 5.69 Å². The van der Waals surface area contributed by atoms with Gasteiger partial charge in [-0.3, -0.25) is 9.48 Å². The molecule has 2 rings (SSSR count). The van der Waals surface area contributed by atoms with Gasteiger partial charge in [0, 0.05) is 17.9 Å². The van der Waals surface area contributed by atoms with Gasteiger partial charge in [-0.2, -0.15) is 5.10 Å². The fourth-order valence-corrected chi connectivity index (χ4v) is 2.49. The lowest BCUT2D eigenvalue weighted by atomic mass is 9.96. The van der Waals surface area contributed by atoms with Crippen LogP contribution in [0.1, 0.15) is 26.3 Å². The Morgan fingerprint density at radius 2 is 1.83 bits per heavy atom. The number of hydrogen-bond acceptors (Lipinski definition) is 4. The molecule has 0 fully saturated rings. The van der Waals surface area contributed by atoms with E-state index in [-0.39, 0.29) is 5.91 Å². The molecule has 1 N–H and O–H groups in total. The van der Waals surface area contributed by atoms with Crippen LogP contribution in [0.15, 0.2) is 41.6 Å². The highest BCUT2D eigenvalue weighted by atomic mass is 32.2. The molecule has 0 atom stereocenters. The van der Waals surface area contributed by atoms with Crippen molar-refractivity contribution in [1.29, 1.82) is 0 Å². The number of rotatable bonds is 4. The van der Waals surface area contributed by atoms with Crippen molar-refractivity contribution < 1.29 is 13.2 Å². The van der Waals surface area contributed by atoms with Crippen molar-refractivity contribution in [3.63, 3.8) is 0 Å². The number of carbonyl (C=O) groups is 1. The Hall–Kier alpha value is -2.15. The predicted molar refractivity (Wildman–Crippen MR) is 89.0 cm³/mol. The summed E-state index contributed by atoms with van der Waals surface area (Å²) in [5.41, 5.74) is 1.09. The first-order chi connectivity index (χ1) is 10.6. The van der Waals surface area contributed by atoms with Gasteiger partial charge in [0.1, 0.15) is 0 Å². The third kappa shape index (κ3) is 4.66. The molecule has 0 aliphatic rings. The quantitative estimate of drug-likeness (QED) is 0.930. The number of nitrogens with zero attached hydrogens (tertiary/aromatic N) is 2. The Labute approximate surface area is 136 Å². The second kappa shape index (κ2) is 6.16. The van der Waals surface area contributed by atoms with E-state index in [1.165, 1.54) is 6.26 Å². The highest BCUT2D eigenvalue weighted by molar-refractivity contribution is 7.90. The van der Waals surface area contributed by atoms with Crippen LogP contribution in [0, 0.1) is 5.41 Å². The number of carbonyl (C=O) groups excluding carboxylic acids is 1. The van der Waals surface area contributed by atoms with E-state index in [9.17, 15) is 13.2 Å². The van der Waals surface area contributed by atoms with Gasteiger partial charge in [0.15, 0.2) is 9.84 Å². The molecule has 0 radical (unpaired) electrons. The number of amides is 1. The zero-order valence-corrected chi connectivity index (χ0v) is 14.5. The van der Waals surface area contributed by atoms with Crippen molar-refractivity contribution in [3.8, 4) is 0 Å². The number of sulfone groups is 1. The molecule has 0 bridgehead atoms. The third-order valence-electron chi connectivity index (χ3n) is 3.27. The Morgan fingerprint density at radius 1 is 1.22 bits per heavy atom. The maximum absolute atomic E-state index is 11.9. The molecule has 6 nitrogen and oxygen atoms in total. The topological polar surface area (TPSA) is 81.1 Å². The van der Waals surface area contributed by atoms with Gasteiger partial charge in [-0.25, -0.2) is 8.42 Å². The van der Waals surface area contributed by atoms with Crippen LogP contribution in [0.25, 0.3) is 0 Å². The molecule has 0 saturated heterocycles. The van der Waals surface area contributed by atoms with Crippen LogP contribution in [-0.4, -0.2) is 30.4 Å². The summed E-state index contributed by atoms with van der Waals surface area (Å²) in [4.78, 5) is 12.2. The van der Waals surface area contributed by atoms with E-state index < -0.39 is 15.3 Å². The standard InChI is InChI=1S/C16H21N3O3S/c1-16(2,3)15(20)18-13-9-17-19(11-13)10-12-5-7-14(8-6-12)23(4,21)22/h5-9,11H,10H2,1-4H3,(H,18,20). The van der Waals surface area contributed by atoms with Crippen LogP contribution >= 0.6 is 0 Å². The van der Waals surface area contributed by atoms with E-state index in [0.29, 0.717) is 17.1 Å². The molecule has 0 unspecified atom stereocenters. The van der Waals surface area contributed by atoms with Gasteiger partial charge in [-0.1, -0.05) is 32.9 Å². The largest absolute Gasteiger partial charge is 0.323 e.